The fourth-order valence-electron chi connectivity index (χ4n) is 2.15. The van der Waals surface area contributed by atoms with Crippen LogP contribution < -0.4 is 15.8 Å². The molecule has 3 aromatic rings. The summed E-state index contributed by atoms with van der Waals surface area (Å²) in [6.07, 6.45) is 1.41. The van der Waals surface area contributed by atoms with Crippen molar-refractivity contribution < 1.29 is 8.42 Å². The Hall–Kier alpha value is -2.72. The summed E-state index contributed by atoms with van der Waals surface area (Å²) in [6, 6.07) is 8.13. The van der Waals surface area contributed by atoms with E-state index in [4.69, 9.17) is 5.14 Å². The van der Waals surface area contributed by atoms with Gasteiger partial charge in [0.2, 0.25) is 10.0 Å². The minimum atomic E-state index is -3.71. The molecule has 0 radical (unpaired) electrons. The lowest BCUT2D eigenvalue weighted by molar-refractivity contribution is 0.598. The van der Waals surface area contributed by atoms with Gasteiger partial charge in [-0.05, 0) is 38.1 Å². The summed E-state index contributed by atoms with van der Waals surface area (Å²) in [4.78, 5) is 8.52. The Bertz CT molecular complexity index is 964. The zero-order valence-corrected chi connectivity index (χ0v) is 13.9. The number of benzene rings is 1. The van der Waals surface area contributed by atoms with Crippen LogP contribution in [0, 0.1) is 0 Å². The lowest BCUT2D eigenvalue weighted by Gasteiger charge is -2.13. The van der Waals surface area contributed by atoms with Crippen LogP contribution in [0.1, 0.15) is 13.8 Å². The van der Waals surface area contributed by atoms with Gasteiger partial charge in [0.25, 0.3) is 5.78 Å². The van der Waals surface area contributed by atoms with E-state index in [9.17, 15) is 8.42 Å². The number of fused-ring (bicyclic) bond motifs is 1. The number of aromatic nitrogens is 4. The highest BCUT2D eigenvalue weighted by atomic mass is 32.2. The highest BCUT2D eigenvalue weighted by Crippen LogP contribution is 2.21. The van der Waals surface area contributed by atoms with E-state index in [1.807, 2.05) is 13.8 Å². The number of nitrogens with one attached hydrogen (secondary N) is 2. The zero-order valence-electron chi connectivity index (χ0n) is 13.1. The van der Waals surface area contributed by atoms with Crippen molar-refractivity contribution >= 4 is 33.1 Å². The molecule has 2 aromatic heterocycles. The predicted molar refractivity (Wildman–Crippen MR) is 90.6 cm³/mol. The Morgan fingerprint density at radius 1 is 1.21 bits per heavy atom. The molecular weight excluding hydrogens is 330 g/mol. The smallest absolute Gasteiger partial charge is 0.256 e. The van der Waals surface area contributed by atoms with Gasteiger partial charge in [-0.25, -0.2) is 13.6 Å². The van der Waals surface area contributed by atoms with Crippen LogP contribution >= 0.6 is 0 Å². The van der Waals surface area contributed by atoms with Crippen molar-refractivity contribution in [3.8, 4) is 0 Å². The Morgan fingerprint density at radius 2 is 1.92 bits per heavy atom. The van der Waals surface area contributed by atoms with Crippen LogP contribution in [-0.2, 0) is 10.0 Å². The molecule has 2 heterocycles. The van der Waals surface area contributed by atoms with Gasteiger partial charge in [0, 0.05) is 17.8 Å². The number of anilines is 3. The van der Waals surface area contributed by atoms with Crippen LogP contribution in [0.25, 0.3) is 5.78 Å². The van der Waals surface area contributed by atoms with Crippen molar-refractivity contribution in [1.29, 1.82) is 0 Å². The molecule has 3 rings (SSSR count). The molecule has 0 fully saturated rings. The van der Waals surface area contributed by atoms with Crippen molar-refractivity contribution in [2.45, 2.75) is 24.8 Å². The minimum Gasteiger partial charge on any atom is -0.368 e. The second kappa shape index (κ2) is 6.06. The molecule has 1 aromatic carbocycles. The van der Waals surface area contributed by atoms with Gasteiger partial charge in [-0.2, -0.15) is 19.6 Å². The molecule has 0 spiro atoms. The van der Waals surface area contributed by atoms with Crippen LogP contribution in [-0.4, -0.2) is 34.0 Å². The van der Waals surface area contributed by atoms with E-state index in [0.29, 0.717) is 23.1 Å². The van der Waals surface area contributed by atoms with Crippen molar-refractivity contribution in [2.75, 3.05) is 10.6 Å². The minimum absolute atomic E-state index is 0.0517. The molecule has 4 N–H and O–H groups in total. The monoisotopic (exact) mass is 347 g/mol. The first-order valence-corrected chi connectivity index (χ1v) is 8.75. The number of hydrogen-bond acceptors (Lipinski definition) is 7. The van der Waals surface area contributed by atoms with Gasteiger partial charge >= 0.3 is 0 Å². The van der Waals surface area contributed by atoms with Crippen LogP contribution in [0.15, 0.2) is 41.6 Å². The highest BCUT2D eigenvalue weighted by molar-refractivity contribution is 7.89. The number of hydrogen-bond donors (Lipinski definition) is 3. The molecule has 0 aliphatic heterocycles. The summed E-state index contributed by atoms with van der Waals surface area (Å²) >= 11 is 0. The second-order valence-corrected chi connectivity index (χ2v) is 7.05. The summed E-state index contributed by atoms with van der Waals surface area (Å²) in [5.41, 5.74) is 0.681. The molecule has 0 aliphatic carbocycles. The number of nitrogens with zero attached hydrogens (tertiary/aromatic N) is 4. The largest absolute Gasteiger partial charge is 0.368 e. The van der Waals surface area contributed by atoms with Gasteiger partial charge in [-0.15, -0.1) is 0 Å². The molecule has 0 saturated carbocycles. The quantitative estimate of drug-likeness (QED) is 0.635. The molecule has 10 heteroatoms. The lowest BCUT2D eigenvalue weighted by atomic mass is 10.3. The number of sulfonamides is 1. The van der Waals surface area contributed by atoms with Crippen LogP contribution in [0.5, 0.6) is 0 Å². The SMILES string of the molecule is CC(C)Nc1cc(Nc2ccc(S(N)(=O)=O)cc2)n2ncnc2n1. The van der Waals surface area contributed by atoms with Gasteiger partial charge in [0.05, 0.1) is 4.90 Å². The fourth-order valence-corrected chi connectivity index (χ4v) is 2.66. The summed E-state index contributed by atoms with van der Waals surface area (Å²) < 4.78 is 24.2. The van der Waals surface area contributed by atoms with Crippen molar-refractivity contribution in [1.82, 2.24) is 19.6 Å². The normalized spacial score (nSPS) is 11.8. The van der Waals surface area contributed by atoms with Gasteiger partial charge < -0.3 is 10.6 Å². The Balaban J connectivity index is 1.95. The lowest BCUT2D eigenvalue weighted by Crippen LogP contribution is -2.13. The summed E-state index contributed by atoms with van der Waals surface area (Å²) in [5, 5.41) is 15.6. The Labute approximate surface area is 139 Å². The highest BCUT2D eigenvalue weighted by Gasteiger charge is 2.10. The fraction of sp³-hybridized carbons (Fsp3) is 0.214. The first-order valence-electron chi connectivity index (χ1n) is 7.20. The zero-order chi connectivity index (χ0) is 17.3. The standard InChI is InChI=1S/C14H17N7O2S/c1-9(2)18-12-7-13(21-14(20-12)16-8-17-21)19-10-3-5-11(6-4-10)24(15,22)23/h3-9,19H,1-2H3,(H2,15,22,23)(H,16,17,18,20). The van der Waals surface area contributed by atoms with E-state index in [2.05, 4.69) is 25.7 Å². The van der Waals surface area contributed by atoms with E-state index in [1.54, 1.807) is 22.7 Å². The van der Waals surface area contributed by atoms with Gasteiger partial charge in [0.15, 0.2) is 0 Å². The first kappa shape index (κ1) is 16.1. The maximum absolute atomic E-state index is 11.3. The summed E-state index contributed by atoms with van der Waals surface area (Å²) in [6.45, 7) is 4.02. The second-order valence-electron chi connectivity index (χ2n) is 5.49. The number of rotatable bonds is 5. The maximum Gasteiger partial charge on any atom is 0.256 e. The molecular formula is C14H17N7O2S. The number of nitrogens with two attached hydrogens (primary N) is 1. The van der Waals surface area contributed by atoms with Gasteiger partial charge in [-0.3, -0.25) is 0 Å². The average molecular weight is 347 g/mol. The van der Waals surface area contributed by atoms with E-state index < -0.39 is 10.0 Å². The van der Waals surface area contributed by atoms with Crippen molar-refractivity contribution in [2.24, 2.45) is 5.14 Å². The molecule has 24 heavy (non-hydrogen) atoms. The topological polar surface area (TPSA) is 127 Å². The first-order chi connectivity index (χ1) is 11.3. The van der Waals surface area contributed by atoms with Gasteiger partial charge in [0.1, 0.15) is 18.0 Å². The molecule has 0 atom stereocenters. The molecule has 0 aliphatic rings. The van der Waals surface area contributed by atoms with Crippen molar-refractivity contribution in [3.63, 3.8) is 0 Å². The molecule has 9 nitrogen and oxygen atoms in total. The van der Waals surface area contributed by atoms with Crippen LogP contribution in [0.2, 0.25) is 0 Å². The molecule has 0 saturated heterocycles. The molecule has 0 bridgehead atoms. The third kappa shape index (κ3) is 3.44. The van der Waals surface area contributed by atoms with Gasteiger partial charge in [-0.1, -0.05) is 0 Å². The predicted octanol–water partition coefficient (Wildman–Crippen LogP) is 1.34. The third-order valence-corrected chi connectivity index (χ3v) is 4.07. The van der Waals surface area contributed by atoms with Crippen molar-refractivity contribution in [3.05, 3.63) is 36.7 Å². The van der Waals surface area contributed by atoms with Crippen LogP contribution in [0.3, 0.4) is 0 Å². The molecule has 126 valence electrons. The summed E-state index contributed by atoms with van der Waals surface area (Å²) in [5.74, 6) is 1.75. The molecule has 0 unspecified atom stereocenters. The molecule has 0 amide bonds. The van der Waals surface area contributed by atoms with Crippen LogP contribution in [0.4, 0.5) is 17.3 Å². The van der Waals surface area contributed by atoms with E-state index in [0.717, 1.165) is 0 Å². The van der Waals surface area contributed by atoms with E-state index in [1.165, 1.54) is 18.5 Å². The average Bonchev–Trinajstić information content (AvgIpc) is 2.95. The number of primary sulfonamides is 1. The summed E-state index contributed by atoms with van der Waals surface area (Å²) in [7, 11) is -3.71. The third-order valence-electron chi connectivity index (χ3n) is 3.14. The Morgan fingerprint density at radius 3 is 2.54 bits per heavy atom. The van der Waals surface area contributed by atoms with E-state index in [-0.39, 0.29) is 10.9 Å². The Kier molecular flexibility index (Phi) is 4.08. The maximum atomic E-state index is 11.3. The van der Waals surface area contributed by atoms with E-state index >= 15 is 0 Å².